The summed E-state index contributed by atoms with van der Waals surface area (Å²) in [4.78, 5) is 39.6. The Labute approximate surface area is 164 Å². The van der Waals surface area contributed by atoms with E-state index < -0.39 is 11.6 Å². The Morgan fingerprint density at radius 2 is 1.93 bits per heavy atom. The summed E-state index contributed by atoms with van der Waals surface area (Å²) in [6.07, 6.45) is 5.24. The predicted molar refractivity (Wildman–Crippen MR) is 105 cm³/mol. The van der Waals surface area contributed by atoms with E-state index in [1.54, 1.807) is 18.7 Å². The first-order valence-electron chi connectivity index (χ1n) is 9.59. The summed E-state index contributed by atoms with van der Waals surface area (Å²) in [7, 11) is 0. The Hall–Kier alpha value is -2.02. The van der Waals surface area contributed by atoms with Crippen molar-refractivity contribution in [2.24, 2.45) is 5.92 Å². The maximum absolute atomic E-state index is 12.8. The first-order valence-corrected chi connectivity index (χ1v) is 10.6. The second-order valence-corrected chi connectivity index (χ2v) is 8.54. The van der Waals surface area contributed by atoms with Crippen LogP contribution < -0.4 is 10.6 Å². The smallest absolute Gasteiger partial charge is 0.325 e. The highest BCUT2D eigenvalue weighted by molar-refractivity contribution is 7.99. The molecule has 3 rings (SSSR count). The molecule has 1 aromatic rings. The van der Waals surface area contributed by atoms with E-state index >= 15 is 0 Å². The van der Waals surface area contributed by atoms with E-state index in [1.807, 2.05) is 30.3 Å². The molecule has 1 aromatic carbocycles. The van der Waals surface area contributed by atoms with Crippen LogP contribution in [0.4, 0.5) is 4.79 Å². The van der Waals surface area contributed by atoms with Gasteiger partial charge in [0.05, 0.1) is 0 Å². The van der Waals surface area contributed by atoms with Gasteiger partial charge in [0.25, 0.3) is 5.91 Å². The van der Waals surface area contributed by atoms with Gasteiger partial charge in [0.2, 0.25) is 5.91 Å². The molecular formula is C20H27N3O3S. The van der Waals surface area contributed by atoms with Gasteiger partial charge < -0.3 is 10.6 Å². The van der Waals surface area contributed by atoms with Gasteiger partial charge in [-0.05, 0) is 37.8 Å². The van der Waals surface area contributed by atoms with Crippen molar-refractivity contribution in [1.82, 2.24) is 15.5 Å². The van der Waals surface area contributed by atoms with Gasteiger partial charge in [0.15, 0.2) is 0 Å². The third-order valence-electron chi connectivity index (χ3n) is 5.46. The van der Waals surface area contributed by atoms with Crippen LogP contribution in [0.1, 0.15) is 39.0 Å². The zero-order valence-electron chi connectivity index (χ0n) is 15.7. The summed E-state index contributed by atoms with van der Waals surface area (Å²) in [6, 6.07) is 9.49. The Balaban J connectivity index is 1.47. The molecule has 2 N–H and O–H groups in total. The van der Waals surface area contributed by atoms with Gasteiger partial charge in [0.1, 0.15) is 12.1 Å². The van der Waals surface area contributed by atoms with Gasteiger partial charge in [-0.15, -0.1) is 11.8 Å². The summed E-state index contributed by atoms with van der Waals surface area (Å²) in [5, 5.41) is 5.64. The minimum absolute atomic E-state index is 0.151. The van der Waals surface area contributed by atoms with Gasteiger partial charge in [0, 0.05) is 17.2 Å². The van der Waals surface area contributed by atoms with Crippen LogP contribution in [0.5, 0.6) is 0 Å². The Morgan fingerprint density at radius 3 is 2.63 bits per heavy atom. The summed E-state index contributed by atoms with van der Waals surface area (Å²) < 4.78 is 0. The molecule has 7 heteroatoms. The molecule has 1 saturated carbocycles. The van der Waals surface area contributed by atoms with E-state index in [1.165, 1.54) is 6.42 Å². The van der Waals surface area contributed by atoms with Crippen LogP contribution in [0.15, 0.2) is 35.2 Å². The van der Waals surface area contributed by atoms with E-state index in [0.717, 1.165) is 41.2 Å². The summed E-state index contributed by atoms with van der Waals surface area (Å²) in [5.41, 5.74) is -0.874. The number of urea groups is 1. The van der Waals surface area contributed by atoms with Crippen molar-refractivity contribution >= 4 is 29.6 Å². The van der Waals surface area contributed by atoms with Crippen LogP contribution in [0.2, 0.25) is 0 Å². The first-order chi connectivity index (χ1) is 13.0. The molecule has 0 radical (unpaired) electrons. The lowest BCUT2D eigenvalue weighted by atomic mass is 9.75. The molecule has 1 aliphatic carbocycles. The molecule has 2 aliphatic rings. The summed E-state index contributed by atoms with van der Waals surface area (Å²) in [5.74, 6) is 0.307. The number of thioether (sulfide) groups is 1. The minimum atomic E-state index is -0.874. The highest BCUT2D eigenvalue weighted by Gasteiger charge is 2.52. The highest BCUT2D eigenvalue weighted by atomic mass is 32.2. The normalized spacial score (nSPS) is 23.4. The van der Waals surface area contributed by atoms with Crippen molar-refractivity contribution in [3.63, 3.8) is 0 Å². The van der Waals surface area contributed by atoms with Crippen molar-refractivity contribution in [2.45, 2.75) is 49.5 Å². The number of hydrogen-bond acceptors (Lipinski definition) is 4. The van der Waals surface area contributed by atoms with E-state index in [4.69, 9.17) is 0 Å². The predicted octanol–water partition coefficient (Wildman–Crippen LogP) is 2.79. The number of nitrogens with zero attached hydrogens (tertiary/aromatic N) is 1. The largest absolute Gasteiger partial charge is 0.354 e. The van der Waals surface area contributed by atoms with Crippen molar-refractivity contribution in [3.05, 3.63) is 30.3 Å². The van der Waals surface area contributed by atoms with Crippen LogP contribution in [0.25, 0.3) is 0 Å². The van der Waals surface area contributed by atoms with Crippen molar-refractivity contribution in [1.29, 1.82) is 0 Å². The lowest BCUT2D eigenvalue weighted by Crippen LogP contribution is -2.51. The van der Waals surface area contributed by atoms with E-state index in [9.17, 15) is 14.4 Å². The third-order valence-corrected chi connectivity index (χ3v) is 6.47. The van der Waals surface area contributed by atoms with Gasteiger partial charge in [-0.25, -0.2) is 4.79 Å². The molecule has 4 amide bonds. The molecule has 0 spiro atoms. The number of amides is 4. The van der Waals surface area contributed by atoms with E-state index in [2.05, 4.69) is 10.6 Å². The topological polar surface area (TPSA) is 78.5 Å². The number of hydrogen-bond donors (Lipinski definition) is 2. The maximum atomic E-state index is 12.8. The standard InChI is InChI=1S/C20H27N3O3S/c1-20(15-8-4-2-5-9-15)18(25)23(19(26)22-20)14-17(24)21-12-13-27-16-10-6-3-7-11-16/h3,6-7,10-11,15H,2,4-5,8-9,12-14H2,1H3,(H,21,24)(H,22,26)/t20-/m1/s1. The molecule has 1 aliphatic heterocycles. The van der Waals surface area contributed by atoms with Gasteiger partial charge >= 0.3 is 6.03 Å². The van der Waals surface area contributed by atoms with Crippen LogP contribution in [0, 0.1) is 5.92 Å². The second kappa shape index (κ2) is 8.78. The quantitative estimate of drug-likeness (QED) is 0.427. The van der Waals surface area contributed by atoms with Crippen LogP contribution in [-0.4, -0.2) is 47.1 Å². The number of carbonyl (C=O) groups excluding carboxylic acids is 3. The molecule has 1 heterocycles. The zero-order chi connectivity index (χ0) is 19.3. The van der Waals surface area contributed by atoms with E-state index in [-0.39, 0.29) is 24.3 Å². The molecule has 1 saturated heterocycles. The monoisotopic (exact) mass is 389 g/mol. The van der Waals surface area contributed by atoms with Crippen LogP contribution in [0.3, 0.4) is 0 Å². The van der Waals surface area contributed by atoms with E-state index in [0.29, 0.717) is 6.54 Å². The molecular weight excluding hydrogens is 362 g/mol. The molecule has 2 fully saturated rings. The Bertz CT molecular complexity index is 691. The van der Waals surface area contributed by atoms with Crippen LogP contribution >= 0.6 is 11.8 Å². The van der Waals surface area contributed by atoms with Crippen molar-refractivity contribution in [2.75, 3.05) is 18.8 Å². The molecule has 0 aromatic heterocycles. The number of imide groups is 1. The van der Waals surface area contributed by atoms with Crippen molar-refractivity contribution in [3.8, 4) is 0 Å². The number of carbonyl (C=O) groups is 3. The first kappa shape index (κ1) is 19.7. The summed E-state index contributed by atoms with van der Waals surface area (Å²) >= 11 is 1.65. The zero-order valence-corrected chi connectivity index (χ0v) is 16.5. The fraction of sp³-hybridized carbons (Fsp3) is 0.550. The number of rotatable bonds is 7. The Morgan fingerprint density at radius 1 is 1.22 bits per heavy atom. The molecule has 27 heavy (non-hydrogen) atoms. The highest BCUT2D eigenvalue weighted by Crippen LogP contribution is 2.36. The lowest BCUT2D eigenvalue weighted by Gasteiger charge is -2.34. The Kier molecular flexibility index (Phi) is 6.42. The fourth-order valence-corrected chi connectivity index (χ4v) is 4.68. The fourth-order valence-electron chi connectivity index (χ4n) is 3.89. The number of benzene rings is 1. The lowest BCUT2D eigenvalue weighted by molar-refractivity contribution is -0.136. The molecule has 6 nitrogen and oxygen atoms in total. The van der Waals surface area contributed by atoms with Crippen LogP contribution in [-0.2, 0) is 9.59 Å². The van der Waals surface area contributed by atoms with Gasteiger partial charge in [-0.1, -0.05) is 37.5 Å². The molecule has 146 valence electrons. The maximum Gasteiger partial charge on any atom is 0.325 e. The average molecular weight is 390 g/mol. The van der Waals surface area contributed by atoms with Crippen molar-refractivity contribution < 1.29 is 14.4 Å². The molecule has 0 bridgehead atoms. The minimum Gasteiger partial charge on any atom is -0.354 e. The number of nitrogens with one attached hydrogen (secondary N) is 2. The SMILES string of the molecule is C[C@]1(C2CCCCC2)NC(=O)N(CC(=O)NCCSc2ccccc2)C1=O. The summed E-state index contributed by atoms with van der Waals surface area (Å²) in [6.45, 7) is 2.07. The second-order valence-electron chi connectivity index (χ2n) is 7.37. The van der Waals surface area contributed by atoms with Gasteiger partial charge in [-0.3, -0.25) is 14.5 Å². The van der Waals surface area contributed by atoms with Gasteiger partial charge in [-0.2, -0.15) is 0 Å². The average Bonchev–Trinajstić information content (AvgIpc) is 2.91. The third kappa shape index (κ3) is 4.64. The molecule has 0 unspecified atom stereocenters. The molecule has 1 atom stereocenters.